The minimum atomic E-state index is -1.27. The molecule has 0 bridgehead atoms. The molecule has 0 spiro atoms. The van der Waals surface area contributed by atoms with Crippen LogP contribution in [0.15, 0.2) is 53.4 Å². The van der Waals surface area contributed by atoms with Crippen LogP contribution in [0.4, 0.5) is 4.39 Å². The van der Waals surface area contributed by atoms with Crippen LogP contribution < -0.4 is 4.74 Å². The monoisotopic (exact) mass is 407 g/mol. The summed E-state index contributed by atoms with van der Waals surface area (Å²) in [7, 11) is -1.27. The number of nitrogens with zero attached hydrogens (tertiary/aromatic N) is 1. The van der Waals surface area contributed by atoms with Crippen molar-refractivity contribution in [3.05, 3.63) is 59.9 Å². The van der Waals surface area contributed by atoms with E-state index in [-0.39, 0.29) is 30.2 Å². The molecular formula is C21H26FNO4S. The SMILES string of the molecule is CC.O=C(COc1ccc(CO)cc1)N1CCC(S(=O)c2ccc(F)cc2)C1. The highest BCUT2D eigenvalue weighted by molar-refractivity contribution is 7.85. The van der Waals surface area contributed by atoms with Crippen molar-refractivity contribution < 1.29 is 23.2 Å². The van der Waals surface area contributed by atoms with Crippen molar-refractivity contribution >= 4 is 16.7 Å². The predicted molar refractivity (Wildman–Crippen MR) is 107 cm³/mol. The Hall–Kier alpha value is -2.25. The second-order valence-corrected chi connectivity index (χ2v) is 7.83. The van der Waals surface area contributed by atoms with Gasteiger partial charge in [-0.15, -0.1) is 0 Å². The molecule has 0 radical (unpaired) electrons. The second-order valence-electron chi connectivity index (χ2n) is 6.09. The number of aliphatic hydroxyl groups excluding tert-OH is 1. The largest absolute Gasteiger partial charge is 0.484 e. The van der Waals surface area contributed by atoms with Gasteiger partial charge in [-0.3, -0.25) is 9.00 Å². The first-order valence-corrected chi connectivity index (χ1v) is 10.5. The Morgan fingerprint density at radius 2 is 1.82 bits per heavy atom. The summed E-state index contributed by atoms with van der Waals surface area (Å²) < 4.78 is 31.0. The zero-order valence-corrected chi connectivity index (χ0v) is 17.0. The summed E-state index contributed by atoms with van der Waals surface area (Å²) in [5.74, 6) is 0.0363. The smallest absolute Gasteiger partial charge is 0.260 e. The quantitative estimate of drug-likeness (QED) is 0.799. The van der Waals surface area contributed by atoms with E-state index in [1.165, 1.54) is 24.3 Å². The van der Waals surface area contributed by atoms with Gasteiger partial charge in [-0.05, 0) is 48.4 Å². The van der Waals surface area contributed by atoms with E-state index in [1.54, 1.807) is 29.2 Å². The number of rotatable bonds is 6. The number of halogens is 1. The first kappa shape index (κ1) is 22.0. The van der Waals surface area contributed by atoms with Crippen molar-refractivity contribution in [3.63, 3.8) is 0 Å². The van der Waals surface area contributed by atoms with Crippen LogP contribution >= 0.6 is 0 Å². The highest BCUT2D eigenvalue weighted by Crippen LogP contribution is 2.21. The molecule has 152 valence electrons. The second kappa shape index (κ2) is 10.9. The fourth-order valence-electron chi connectivity index (χ4n) is 2.82. The van der Waals surface area contributed by atoms with E-state index in [0.29, 0.717) is 30.2 Å². The molecule has 1 amide bonds. The first-order chi connectivity index (χ1) is 13.6. The van der Waals surface area contributed by atoms with E-state index >= 15 is 0 Å². The molecule has 1 aliphatic heterocycles. The molecule has 5 nitrogen and oxygen atoms in total. The molecule has 2 aromatic rings. The van der Waals surface area contributed by atoms with Gasteiger partial charge >= 0.3 is 0 Å². The number of amides is 1. The Kier molecular flexibility index (Phi) is 8.60. The topological polar surface area (TPSA) is 66.8 Å². The maximum atomic E-state index is 13.0. The zero-order chi connectivity index (χ0) is 20.5. The molecule has 1 heterocycles. The van der Waals surface area contributed by atoms with Gasteiger partial charge < -0.3 is 14.7 Å². The van der Waals surface area contributed by atoms with Gasteiger partial charge in [-0.2, -0.15) is 0 Å². The fraction of sp³-hybridized carbons (Fsp3) is 0.381. The molecule has 1 N–H and O–H groups in total. The Bertz CT molecular complexity index is 780. The normalized spacial score (nSPS) is 16.9. The number of hydrogen-bond acceptors (Lipinski definition) is 4. The maximum absolute atomic E-state index is 13.0. The molecule has 3 rings (SSSR count). The Labute approximate surface area is 167 Å². The lowest BCUT2D eigenvalue weighted by Crippen LogP contribution is -2.34. The molecule has 1 aliphatic rings. The van der Waals surface area contributed by atoms with Crippen LogP contribution in [0.5, 0.6) is 5.75 Å². The Morgan fingerprint density at radius 3 is 2.43 bits per heavy atom. The van der Waals surface area contributed by atoms with Gasteiger partial charge in [-0.1, -0.05) is 26.0 Å². The van der Waals surface area contributed by atoms with E-state index in [9.17, 15) is 13.4 Å². The molecule has 28 heavy (non-hydrogen) atoms. The Balaban J connectivity index is 0.00000136. The third-order valence-electron chi connectivity index (χ3n) is 4.31. The van der Waals surface area contributed by atoms with Gasteiger partial charge in [0.1, 0.15) is 11.6 Å². The molecule has 1 saturated heterocycles. The maximum Gasteiger partial charge on any atom is 0.260 e. The molecule has 2 aromatic carbocycles. The molecule has 1 fully saturated rings. The van der Waals surface area contributed by atoms with Crippen molar-refractivity contribution in [2.24, 2.45) is 0 Å². The van der Waals surface area contributed by atoms with Crippen molar-refractivity contribution in [3.8, 4) is 5.75 Å². The van der Waals surface area contributed by atoms with Crippen LogP contribution in [0.1, 0.15) is 25.8 Å². The summed E-state index contributed by atoms with van der Waals surface area (Å²) in [6.45, 7) is 4.80. The number of ether oxygens (including phenoxy) is 1. The highest BCUT2D eigenvalue weighted by Gasteiger charge is 2.31. The van der Waals surface area contributed by atoms with Crippen LogP contribution in [0.2, 0.25) is 0 Å². The van der Waals surface area contributed by atoms with Gasteiger partial charge in [0.15, 0.2) is 6.61 Å². The minimum Gasteiger partial charge on any atom is -0.484 e. The van der Waals surface area contributed by atoms with Gasteiger partial charge in [0.05, 0.1) is 22.7 Å². The molecular weight excluding hydrogens is 381 g/mol. The number of carbonyl (C=O) groups excluding carboxylic acids is 1. The summed E-state index contributed by atoms with van der Waals surface area (Å²) >= 11 is 0. The molecule has 2 unspecified atom stereocenters. The fourth-order valence-corrected chi connectivity index (χ4v) is 4.24. The van der Waals surface area contributed by atoms with E-state index in [2.05, 4.69) is 0 Å². The van der Waals surface area contributed by atoms with Crippen LogP contribution in [0, 0.1) is 5.82 Å². The van der Waals surface area contributed by atoms with Gasteiger partial charge in [-0.25, -0.2) is 4.39 Å². The van der Waals surface area contributed by atoms with Crippen LogP contribution in [-0.2, 0) is 22.2 Å². The first-order valence-electron chi connectivity index (χ1n) is 9.33. The molecule has 0 aromatic heterocycles. The van der Waals surface area contributed by atoms with Crippen LogP contribution in [0.25, 0.3) is 0 Å². The summed E-state index contributed by atoms with van der Waals surface area (Å²) in [5.41, 5.74) is 0.773. The zero-order valence-electron chi connectivity index (χ0n) is 16.1. The summed E-state index contributed by atoms with van der Waals surface area (Å²) in [5, 5.41) is 8.85. The lowest BCUT2D eigenvalue weighted by Gasteiger charge is -2.17. The number of likely N-dealkylation sites (tertiary alicyclic amines) is 1. The van der Waals surface area contributed by atoms with E-state index < -0.39 is 10.8 Å². The van der Waals surface area contributed by atoms with Crippen LogP contribution in [0.3, 0.4) is 0 Å². The van der Waals surface area contributed by atoms with Crippen LogP contribution in [-0.4, -0.2) is 45.1 Å². The summed E-state index contributed by atoms with van der Waals surface area (Å²) in [6, 6.07) is 12.5. The lowest BCUT2D eigenvalue weighted by atomic mass is 10.2. The standard InChI is InChI=1S/C19H20FNO4S.C2H6/c20-15-3-7-17(8-4-15)26(24)18-9-10-21(11-18)19(23)13-25-16-5-1-14(12-22)2-6-16;1-2/h1-8,18,22H,9-13H2;1-2H3. The lowest BCUT2D eigenvalue weighted by molar-refractivity contribution is -0.132. The third-order valence-corrected chi connectivity index (χ3v) is 6.04. The van der Waals surface area contributed by atoms with Gasteiger partial charge in [0, 0.05) is 18.0 Å². The molecule has 2 atom stereocenters. The third kappa shape index (κ3) is 5.87. The summed E-state index contributed by atoms with van der Waals surface area (Å²) in [4.78, 5) is 14.5. The number of benzene rings is 2. The van der Waals surface area contributed by atoms with Gasteiger partial charge in [0.25, 0.3) is 5.91 Å². The summed E-state index contributed by atoms with van der Waals surface area (Å²) in [6.07, 6.45) is 0.640. The Morgan fingerprint density at radius 1 is 1.18 bits per heavy atom. The van der Waals surface area contributed by atoms with E-state index in [0.717, 1.165) is 5.56 Å². The number of hydrogen-bond donors (Lipinski definition) is 1. The molecule has 0 aliphatic carbocycles. The number of aliphatic hydroxyl groups is 1. The van der Waals surface area contributed by atoms with Crippen molar-refractivity contribution in [2.45, 2.75) is 37.0 Å². The molecule has 0 saturated carbocycles. The average molecular weight is 408 g/mol. The van der Waals surface area contributed by atoms with Gasteiger partial charge in [0.2, 0.25) is 0 Å². The van der Waals surface area contributed by atoms with Crippen molar-refractivity contribution in [2.75, 3.05) is 19.7 Å². The number of carbonyl (C=O) groups is 1. The average Bonchev–Trinajstić information content (AvgIpc) is 3.24. The van der Waals surface area contributed by atoms with Crippen molar-refractivity contribution in [1.82, 2.24) is 4.90 Å². The molecule has 7 heteroatoms. The van der Waals surface area contributed by atoms with E-state index in [4.69, 9.17) is 9.84 Å². The minimum absolute atomic E-state index is 0.0421. The van der Waals surface area contributed by atoms with E-state index in [1.807, 2.05) is 13.8 Å². The predicted octanol–water partition coefficient (Wildman–Crippen LogP) is 3.13. The highest BCUT2D eigenvalue weighted by atomic mass is 32.2. The van der Waals surface area contributed by atoms with Crippen molar-refractivity contribution in [1.29, 1.82) is 0 Å².